The number of nitrogens with zero attached hydrogens (tertiary/aromatic N) is 5. The Morgan fingerprint density at radius 1 is 1.17 bits per heavy atom. The minimum Gasteiger partial charge on any atom is -0.339 e. The number of hydrogen-bond donors (Lipinski definition) is 1. The van der Waals surface area contributed by atoms with Gasteiger partial charge in [0.1, 0.15) is 0 Å². The number of pyridine rings is 1. The topological polar surface area (TPSA) is 83.4 Å². The van der Waals surface area contributed by atoms with E-state index in [4.69, 9.17) is 0 Å². The molecule has 0 aromatic carbocycles. The zero-order chi connectivity index (χ0) is 21.1. The number of piperidine rings is 1. The van der Waals surface area contributed by atoms with Crippen LogP contribution in [0.3, 0.4) is 0 Å². The van der Waals surface area contributed by atoms with Crippen LogP contribution in [0.2, 0.25) is 0 Å². The first-order chi connectivity index (χ1) is 14.5. The Morgan fingerprint density at radius 3 is 2.63 bits per heavy atom. The van der Waals surface area contributed by atoms with E-state index in [1.165, 1.54) is 5.56 Å². The molecule has 0 aliphatic carbocycles. The molecular formula is C22H30N6O2. The number of fused-ring (bicyclic) bond motifs is 1. The van der Waals surface area contributed by atoms with Crippen LogP contribution in [0.25, 0.3) is 0 Å². The molecule has 30 heavy (non-hydrogen) atoms. The second-order valence-electron chi connectivity index (χ2n) is 8.41. The first-order valence-electron chi connectivity index (χ1n) is 10.8. The van der Waals surface area contributed by atoms with Crippen LogP contribution < -0.4 is 5.32 Å². The number of amides is 3. The van der Waals surface area contributed by atoms with Crippen LogP contribution in [0.1, 0.15) is 52.9 Å². The van der Waals surface area contributed by atoms with E-state index >= 15 is 0 Å². The molecule has 2 aliphatic heterocycles. The quantitative estimate of drug-likeness (QED) is 0.768. The highest BCUT2D eigenvalue weighted by molar-refractivity contribution is 5.95. The highest BCUT2D eigenvalue weighted by atomic mass is 16.2. The number of urea groups is 1. The van der Waals surface area contributed by atoms with Gasteiger partial charge < -0.3 is 15.1 Å². The predicted octanol–water partition coefficient (Wildman–Crippen LogP) is 2.48. The van der Waals surface area contributed by atoms with E-state index < -0.39 is 0 Å². The number of carbonyl (C=O) groups is 2. The maximum Gasteiger partial charge on any atom is 0.318 e. The predicted molar refractivity (Wildman–Crippen MR) is 113 cm³/mol. The summed E-state index contributed by atoms with van der Waals surface area (Å²) in [4.78, 5) is 33.0. The van der Waals surface area contributed by atoms with Crippen molar-refractivity contribution in [2.24, 2.45) is 13.0 Å². The zero-order valence-corrected chi connectivity index (χ0v) is 17.8. The standard InChI is InChI=1S/C22H30N6O2/c1-16-20(15-26(2)25-16)21(29)27-10-6-17(7-11-27)4-3-8-24-22(30)28-13-18-5-9-23-12-19(18)14-28/h5,9,12,15,17H,3-4,6-8,10-11,13-14H2,1-2H3,(H,24,30). The third-order valence-electron chi connectivity index (χ3n) is 6.23. The van der Waals surface area contributed by atoms with Gasteiger partial charge in [-0.05, 0) is 55.7 Å². The number of carbonyl (C=O) groups excluding carboxylic acids is 2. The molecule has 4 rings (SSSR count). The fourth-order valence-corrected chi connectivity index (χ4v) is 4.47. The third kappa shape index (κ3) is 4.47. The Morgan fingerprint density at radius 2 is 1.93 bits per heavy atom. The molecule has 1 fully saturated rings. The number of aryl methyl sites for hydroxylation is 2. The fourth-order valence-electron chi connectivity index (χ4n) is 4.47. The molecule has 4 heterocycles. The normalized spacial score (nSPS) is 16.6. The summed E-state index contributed by atoms with van der Waals surface area (Å²) >= 11 is 0. The number of likely N-dealkylation sites (tertiary alicyclic amines) is 1. The Labute approximate surface area is 177 Å². The van der Waals surface area contributed by atoms with Crippen LogP contribution in [0.4, 0.5) is 4.79 Å². The maximum atomic E-state index is 12.7. The lowest BCUT2D eigenvalue weighted by Gasteiger charge is -2.32. The van der Waals surface area contributed by atoms with E-state index in [9.17, 15) is 9.59 Å². The Hall–Kier alpha value is -2.90. The Bertz CT molecular complexity index is 891. The SMILES string of the molecule is Cc1nn(C)cc1C(=O)N1CCC(CCCNC(=O)N2Cc3ccncc3C2)CC1. The molecule has 2 aromatic heterocycles. The van der Waals surface area contributed by atoms with E-state index in [0.29, 0.717) is 31.1 Å². The Balaban J connectivity index is 1.14. The average molecular weight is 411 g/mol. The Kier molecular flexibility index (Phi) is 6.01. The summed E-state index contributed by atoms with van der Waals surface area (Å²) in [6, 6.07) is 1.98. The fraction of sp³-hybridized carbons (Fsp3) is 0.545. The summed E-state index contributed by atoms with van der Waals surface area (Å²) in [5.41, 5.74) is 3.81. The van der Waals surface area contributed by atoms with Gasteiger partial charge in [0.25, 0.3) is 5.91 Å². The molecule has 1 N–H and O–H groups in total. The van der Waals surface area contributed by atoms with Gasteiger partial charge in [0, 0.05) is 58.4 Å². The molecule has 0 saturated carbocycles. The molecule has 2 aromatic rings. The van der Waals surface area contributed by atoms with Gasteiger partial charge >= 0.3 is 6.03 Å². The van der Waals surface area contributed by atoms with Gasteiger partial charge in [-0.15, -0.1) is 0 Å². The van der Waals surface area contributed by atoms with Crippen LogP contribution in [-0.4, -0.2) is 56.1 Å². The molecule has 160 valence electrons. The third-order valence-corrected chi connectivity index (χ3v) is 6.23. The highest BCUT2D eigenvalue weighted by Gasteiger charge is 2.26. The zero-order valence-electron chi connectivity index (χ0n) is 17.8. The lowest BCUT2D eigenvalue weighted by molar-refractivity contribution is 0.0685. The van der Waals surface area contributed by atoms with Crippen LogP contribution in [0.5, 0.6) is 0 Å². The van der Waals surface area contributed by atoms with Crippen molar-refractivity contribution in [2.75, 3.05) is 19.6 Å². The summed E-state index contributed by atoms with van der Waals surface area (Å²) in [6.07, 6.45) is 9.52. The molecule has 0 atom stereocenters. The van der Waals surface area contributed by atoms with Crippen LogP contribution in [-0.2, 0) is 20.1 Å². The molecule has 1 saturated heterocycles. The van der Waals surface area contributed by atoms with Gasteiger partial charge in [-0.3, -0.25) is 14.5 Å². The van der Waals surface area contributed by atoms with Crippen LogP contribution in [0.15, 0.2) is 24.7 Å². The van der Waals surface area contributed by atoms with E-state index in [1.807, 2.05) is 42.2 Å². The summed E-state index contributed by atoms with van der Waals surface area (Å²) in [7, 11) is 1.84. The maximum absolute atomic E-state index is 12.7. The van der Waals surface area contributed by atoms with Crippen LogP contribution >= 0.6 is 0 Å². The molecule has 3 amide bonds. The first kappa shape index (κ1) is 20.4. The molecule has 0 spiro atoms. The van der Waals surface area contributed by atoms with E-state index in [0.717, 1.165) is 50.0 Å². The second-order valence-corrected chi connectivity index (χ2v) is 8.41. The molecule has 0 unspecified atom stereocenters. The largest absolute Gasteiger partial charge is 0.339 e. The van der Waals surface area contributed by atoms with E-state index in [1.54, 1.807) is 10.9 Å². The van der Waals surface area contributed by atoms with Crippen molar-refractivity contribution < 1.29 is 9.59 Å². The van der Waals surface area contributed by atoms with Gasteiger partial charge in [0.15, 0.2) is 0 Å². The van der Waals surface area contributed by atoms with Crippen molar-refractivity contribution in [2.45, 2.75) is 45.7 Å². The molecule has 8 heteroatoms. The second kappa shape index (κ2) is 8.85. The monoisotopic (exact) mass is 410 g/mol. The lowest BCUT2D eigenvalue weighted by Crippen LogP contribution is -2.39. The van der Waals surface area contributed by atoms with E-state index in [2.05, 4.69) is 15.4 Å². The summed E-state index contributed by atoms with van der Waals surface area (Å²) in [5.74, 6) is 0.705. The number of aromatic nitrogens is 3. The number of nitrogens with one attached hydrogen (secondary N) is 1. The average Bonchev–Trinajstić information content (AvgIpc) is 3.33. The molecule has 8 nitrogen and oxygen atoms in total. The van der Waals surface area contributed by atoms with Crippen molar-refractivity contribution in [3.05, 3.63) is 47.0 Å². The van der Waals surface area contributed by atoms with E-state index in [-0.39, 0.29) is 11.9 Å². The van der Waals surface area contributed by atoms with Crippen molar-refractivity contribution in [1.82, 2.24) is 29.9 Å². The summed E-state index contributed by atoms with van der Waals surface area (Å²) in [6.45, 7) is 5.46. The molecule has 0 radical (unpaired) electrons. The minimum absolute atomic E-state index is 0.00143. The van der Waals surface area contributed by atoms with Crippen molar-refractivity contribution in [3.8, 4) is 0 Å². The summed E-state index contributed by atoms with van der Waals surface area (Å²) in [5, 5.41) is 7.32. The molecule has 2 aliphatic rings. The van der Waals surface area contributed by atoms with Crippen molar-refractivity contribution in [1.29, 1.82) is 0 Å². The van der Waals surface area contributed by atoms with Gasteiger partial charge in [-0.25, -0.2) is 4.79 Å². The van der Waals surface area contributed by atoms with Crippen molar-refractivity contribution in [3.63, 3.8) is 0 Å². The first-order valence-corrected chi connectivity index (χ1v) is 10.8. The molecular weight excluding hydrogens is 380 g/mol. The van der Waals surface area contributed by atoms with Gasteiger partial charge in [-0.2, -0.15) is 5.10 Å². The lowest BCUT2D eigenvalue weighted by atomic mass is 9.92. The highest BCUT2D eigenvalue weighted by Crippen LogP contribution is 2.24. The van der Waals surface area contributed by atoms with Crippen molar-refractivity contribution >= 4 is 11.9 Å². The summed E-state index contributed by atoms with van der Waals surface area (Å²) < 4.78 is 1.70. The van der Waals surface area contributed by atoms with Gasteiger partial charge in [-0.1, -0.05) is 0 Å². The minimum atomic E-state index is -0.00143. The number of rotatable bonds is 5. The van der Waals surface area contributed by atoms with Gasteiger partial charge in [0.05, 0.1) is 11.3 Å². The van der Waals surface area contributed by atoms with Crippen LogP contribution in [0, 0.1) is 12.8 Å². The number of hydrogen-bond acceptors (Lipinski definition) is 4. The van der Waals surface area contributed by atoms with Gasteiger partial charge in [0.2, 0.25) is 0 Å². The smallest absolute Gasteiger partial charge is 0.318 e. The molecule has 0 bridgehead atoms.